The highest BCUT2D eigenvalue weighted by Crippen LogP contribution is 2.17. The molecular formula is C20H30N4. The second kappa shape index (κ2) is 7.95. The molecule has 4 heteroatoms. The van der Waals surface area contributed by atoms with E-state index in [0.717, 1.165) is 18.8 Å². The maximum atomic E-state index is 4.42. The summed E-state index contributed by atoms with van der Waals surface area (Å²) in [6, 6.07) is 11.5. The number of aromatic nitrogens is 2. The lowest BCUT2D eigenvalue weighted by Crippen LogP contribution is -2.46. The normalized spacial score (nSPS) is 19.1. The summed E-state index contributed by atoms with van der Waals surface area (Å²) in [5.74, 6) is 1.09. The summed E-state index contributed by atoms with van der Waals surface area (Å²) in [6.45, 7) is 6.63. The van der Waals surface area contributed by atoms with Gasteiger partial charge in [0.05, 0.1) is 5.69 Å². The van der Waals surface area contributed by atoms with Crippen LogP contribution in [0.2, 0.25) is 0 Å². The van der Waals surface area contributed by atoms with Crippen molar-refractivity contribution in [1.29, 1.82) is 0 Å². The van der Waals surface area contributed by atoms with Gasteiger partial charge < -0.3 is 9.47 Å². The van der Waals surface area contributed by atoms with Crippen LogP contribution < -0.4 is 0 Å². The van der Waals surface area contributed by atoms with E-state index in [9.17, 15) is 0 Å². The Morgan fingerprint density at radius 3 is 2.75 bits per heavy atom. The van der Waals surface area contributed by atoms with Gasteiger partial charge in [-0.05, 0) is 45.3 Å². The first-order chi connectivity index (χ1) is 11.6. The van der Waals surface area contributed by atoms with Crippen molar-refractivity contribution >= 4 is 0 Å². The number of hydrogen-bond acceptors (Lipinski definition) is 3. The van der Waals surface area contributed by atoms with E-state index >= 15 is 0 Å². The molecule has 0 aliphatic carbocycles. The van der Waals surface area contributed by atoms with E-state index in [1.54, 1.807) is 0 Å². The number of piperidine rings is 1. The number of rotatable bonds is 6. The van der Waals surface area contributed by atoms with Crippen molar-refractivity contribution < 1.29 is 0 Å². The minimum absolute atomic E-state index is 0.643. The predicted molar refractivity (Wildman–Crippen MR) is 99.0 cm³/mol. The Balaban J connectivity index is 1.52. The zero-order chi connectivity index (χ0) is 16.9. The molecule has 1 aromatic carbocycles. The maximum absolute atomic E-state index is 4.42. The van der Waals surface area contributed by atoms with Gasteiger partial charge in [-0.3, -0.25) is 4.90 Å². The molecule has 1 atom stereocenters. The zero-order valence-electron chi connectivity index (χ0n) is 15.3. The Morgan fingerprint density at radius 2 is 2.04 bits per heavy atom. The fourth-order valence-corrected chi connectivity index (χ4v) is 3.61. The molecule has 0 bridgehead atoms. The van der Waals surface area contributed by atoms with Gasteiger partial charge in [0.1, 0.15) is 5.82 Å². The van der Waals surface area contributed by atoms with Gasteiger partial charge in [0.25, 0.3) is 0 Å². The Hall–Kier alpha value is -1.65. The van der Waals surface area contributed by atoms with Crippen molar-refractivity contribution in [3.05, 3.63) is 53.6 Å². The van der Waals surface area contributed by atoms with E-state index in [2.05, 4.69) is 70.7 Å². The fraction of sp³-hybridized carbons (Fsp3) is 0.550. The van der Waals surface area contributed by atoms with Gasteiger partial charge in [-0.25, -0.2) is 4.98 Å². The zero-order valence-corrected chi connectivity index (χ0v) is 15.3. The Morgan fingerprint density at radius 1 is 1.25 bits per heavy atom. The number of hydrogen-bond donors (Lipinski definition) is 0. The fourth-order valence-electron chi connectivity index (χ4n) is 3.61. The van der Waals surface area contributed by atoms with Gasteiger partial charge in [-0.1, -0.05) is 30.3 Å². The largest absolute Gasteiger partial charge is 0.334 e. The smallest absolute Gasteiger partial charge is 0.105 e. The molecule has 3 rings (SSSR count). The van der Waals surface area contributed by atoms with E-state index in [0.29, 0.717) is 6.04 Å². The minimum Gasteiger partial charge on any atom is -0.334 e. The molecule has 1 aliphatic rings. The molecule has 0 radical (unpaired) electrons. The number of imidazole rings is 1. The standard InChI is InChI=1S/C20H30N4/c1-17-21-14-20(23(17)3)15-22(2)19-10-7-12-24(16-19)13-11-18-8-5-4-6-9-18/h4-6,8-9,14,19H,7,10-13,15-16H2,1-3H3/t19-/m0/s1. The molecule has 1 aliphatic heterocycles. The summed E-state index contributed by atoms with van der Waals surface area (Å²) >= 11 is 0. The van der Waals surface area contributed by atoms with Crippen molar-refractivity contribution in [2.75, 3.05) is 26.7 Å². The average Bonchev–Trinajstić information content (AvgIpc) is 2.93. The molecule has 2 heterocycles. The first kappa shape index (κ1) is 17.2. The number of benzene rings is 1. The lowest BCUT2D eigenvalue weighted by Gasteiger charge is -2.37. The Labute approximate surface area is 146 Å². The molecule has 0 unspecified atom stereocenters. The van der Waals surface area contributed by atoms with Crippen molar-refractivity contribution in [2.24, 2.45) is 7.05 Å². The van der Waals surface area contributed by atoms with Gasteiger partial charge in [-0.2, -0.15) is 0 Å². The predicted octanol–water partition coefficient (Wildman–Crippen LogP) is 2.87. The van der Waals surface area contributed by atoms with E-state index in [-0.39, 0.29) is 0 Å². The number of aryl methyl sites for hydroxylation is 1. The summed E-state index contributed by atoms with van der Waals surface area (Å²) < 4.78 is 2.20. The van der Waals surface area contributed by atoms with Crippen LogP contribution in [0.5, 0.6) is 0 Å². The first-order valence-corrected chi connectivity index (χ1v) is 9.07. The van der Waals surface area contributed by atoms with Gasteiger partial charge in [0, 0.05) is 38.9 Å². The third-order valence-electron chi connectivity index (χ3n) is 5.39. The summed E-state index contributed by atoms with van der Waals surface area (Å²) in [5, 5.41) is 0. The summed E-state index contributed by atoms with van der Waals surface area (Å²) in [5.41, 5.74) is 2.75. The van der Waals surface area contributed by atoms with Crippen LogP contribution in [0, 0.1) is 6.92 Å². The molecule has 1 saturated heterocycles. The lowest BCUT2D eigenvalue weighted by atomic mass is 10.0. The molecule has 2 aromatic rings. The highest BCUT2D eigenvalue weighted by Gasteiger charge is 2.23. The molecule has 0 amide bonds. The topological polar surface area (TPSA) is 24.3 Å². The van der Waals surface area contributed by atoms with Gasteiger partial charge in [0.15, 0.2) is 0 Å². The summed E-state index contributed by atoms with van der Waals surface area (Å²) in [7, 11) is 4.37. The van der Waals surface area contributed by atoms with Crippen LogP contribution in [0.15, 0.2) is 36.5 Å². The maximum Gasteiger partial charge on any atom is 0.105 e. The molecule has 130 valence electrons. The molecule has 0 saturated carbocycles. The van der Waals surface area contributed by atoms with Crippen LogP contribution in [0.1, 0.15) is 29.9 Å². The molecule has 4 nitrogen and oxygen atoms in total. The van der Waals surface area contributed by atoms with Gasteiger partial charge in [-0.15, -0.1) is 0 Å². The SMILES string of the molecule is Cc1ncc(CN(C)[C@H]2CCCN(CCc3ccccc3)C2)n1C. The quantitative estimate of drug-likeness (QED) is 0.816. The molecule has 24 heavy (non-hydrogen) atoms. The van der Waals surface area contributed by atoms with Crippen LogP contribution in [-0.2, 0) is 20.0 Å². The van der Waals surface area contributed by atoms with Crippen molar-refractivity contribution in [3.8, 4) is 0 Å². The van der Waals surface area contributed by atoms with Crippen molar-refractivity contribution in [3.63, 3.8) is 0 Å². The highest BCUT2D eigenvalue weighted by molar-refractivity contribution is 5.15. The van der Waals surface area contributed by atoms with Crippen molar-refractivity contribution in [1.82, 2.24) is 19.4 Å². The minimum atomic E-state index is 0.643. The molecule has 0 N–H and O–H groups in total. The van der Waals surface area contributed by atoms with E-state index in [1.165, 1.54) is 43.7 Å². The second-order valence-electron chi connectivity index (χ2n) is 7.10. The van der Waals surface area contributed by atoms with Crippen LogP contribution in [0.4, 0.5) is 0 Å². The molecule has 0 spiro atoms. The highest BCUT2D eigenvalue weighted by atomic mass is 15.2. The third-order valence-corrected chi connectivity index (χ3v) is 5.39. The van der Waals surface area contributed by atoms with Gasteiger partial charge >= 0.3 is 0 Å². The van der Waals surface area contributed by atoms with Crippen LogP contribution in [0.25, 0.3) is 0 Å². The Kier molecular flexibility index (Phi) is 5.69. The van der Waals surface area contributed by atoms with Crippen LogP contribution in [-0.4, -0.2) is 52.1 Å². The van der Waals surface area contributed by atoms with Crippen LogP contribution >= 0.6 is 0 Å². The summed E-state index contributed by atoms with van der Waals surface area (Å²) in [4.78, 5) is 9.55. The molecule has 1 fully saturated rings. The number of nitrogens with zero attached hydrogens (tertiary/aromatic N) is 4. The van der Waals surface area contributed by atoms with Crippen molar-refractivity contribution in [2.45, 2.75) is 38.8 Å². The third kappa shape index (κ3) is 4.25. The van der Waals surface area contributed by atoms with E-state index in [4.69, 9.17) is 0 Å². The summed E-state index contributed by atoms with van der Waals surface area (Å²) in [6.07, 6.45) is 5.77. The lowest BCUT2D eigenvalue weighted by molar-refractivity contribution is 0.111. The first-order valence-electron chi connectivity index (χ1n) is 9.07. The monoisotopic (exact) mass is 326 g/mol. The van der Waals surface area contributed by atoms with E-state index in [1.807, 2.05) is 6.20 Å². The van der Waals surface area contributed by atoms with E-state index < -0.39 is 0 Å². The van der Waals surface area contributed by atoms with Crippen LogP contribution in [0.3, 0.4) is 0 Å². The molecule has 1 aromatic heterocycles. The second-order valence-corrected chi connectivity index (χ2v) is 7.10. The van der Waals surface area contributed by atoms with Gasteiger partial charge in [0.2, 0.25) is 0 Å². The number of likely N-dealkylation sites (tertiary alicyclic amines) is 1. The number of likely N-dealkylation sites (N-methyl/N-ethyl adjacent to an activating group) is 1. The Bertz CT molecular complexity index is 634. The molecular weight excluding hydrogens is 296 g/mol. The average molecular weight is 326 g/mol.